The van der Waals surface area contributed by atoms with Gasteiger partial charge in [-0.3, -0.25) is 9.58 Å². The van der Waals surface area contributed by atoms with Gasteiger partial charge in [-0.1, -0.05) is 54.6 Å². The molecular formula is C22H25N3O. The first-order valence-electron chi connectivity index (χ1n) is 9.29. The molecule has 26 heavy (non-hydrogen) atoms. The van der Waals surface area contributed by atoms with Gasteiger partial charge in [-0.05, 0) is 35.7 Å². The van der Waals surface area contributed by atoms with Crippen molar-refractivity contribution in [2.45, 2.75) is 31.5 Å². The normalized spacial score (nSPS) is 21.0. The quantitative estimate of drug-likeness (QED) is 0.770. The maximum Gasteiger partial charge on any atom is 0.0736 e. The van der Waals surface area contributed by atoms with Crippen LogP contribution in [0.15, 0.2) is 73.1 Å². The first-order chi connectivity index (χ1) is 12.8. The van der Waals surface area contributed by atoms with Crippen molar-refractivity contribution in [3.63, 3.8) is 0 Å². The molecule has 0 unspecified atom stereocenters. The smallest absolute Gasteiger partial charge is 0.0736 e. The molecule has 0 saturated carbocycles. The molecule has 1 N–H and O–H groups in total. The number of nitrogens with zero attached hydrogens (tertiary/aromatic N) is 3. The van der Waals surface area contributed by atoms with Crippen LogP contribution in [-0.4, -0.2) is 39.0 Å². The molecule has 0 aliphatic carbocycles. The van der Waals surface area contributed by atoms with Gasteiger partial charge in [-0.25, -0.2) is 0 Å². The number of piperidine rings is 1. The van der Waals surface area contributed by atoms with Crippen LogP contribution in [0.1, 0.15) is 29.0 Å². The molecule has 1 aromatic heterocycles. The Labute approximate surface area is 154 Å². The van der Waals surface area contributed by atoms with Crippen LogP contribution in [0.3, 0.4) is 0 Å². The molecule has 1 fully saturated rings. The van der Waals surface area contributed by atoms with Gasteiger partial charge in [0.25, 0.3) is 0 Å². The highest BCUT2D eigenvalue weighted by Gasteiger charge is 2.28. The fourth-order valence-corrected chi connectivity index (χ4v) is 3.91. The minimum atomic E-state index is -0.315. The molecule has 0 bridgehead atoms. The molecule has 2 heterocycles. The van der Waals surface area contributed by atoms with Crippen LogP contribution in [0.5, 0.6) is 0 Å². The van der Waals surface area contributed by atoms with Crippen LogP contribution < -0.4 is 0 Å². The molecule has 1 saturated heterocycles. The third-order valence-electron chi connectivity index (χ3n) is 5.30. The molecule has 4 heteroatoms. The van der Waals surface area contributed by atoms with Gasteiger partial charge in [0.1, 0.15) is 0 Å². The Hall–Kier alpha value is -2.43. The molecule has 1 aliphatic heterocycles. The number of aromatic nitrogens is 2. The van der Waals surface area contributed by atoms with Crippen LogP contribution in [0, 0.1) is 0 Å². The largest absolute Gasteiger partial charge is 0.391 e. The standard InChI is InChI=1S/C22H25N3O/c26-22-17-24(14-11-21(22)18-7-2-1-3-8-18)15-19-9-4-5-10-20(19)16-25-13-6-12-23-25/h1-10,12-13,21-22,26H,11,14-17H2/t21-,22-/m1/s1. The Kier molecular flexibility index (Phi) is 5.14. The van der Waals surface area contributed by atoms with Crippen LogP contribution in [0.25, 0.3) is 0 Å². The zero-order chi connectivity index (χ0) is 17.8. The fraction of sp³-hybridized carbons (Fsp3) is 0.318. The predicted octanol–water partition coefficient (Wildman–Crippen LogP) is 3.28. The van der Waals surface area contributed by atoms with Crippen molar-refractivity contribution in [1.29, 1.82) is 0 Å². The summed E-state index contributed by atoms with van der Waals surface area (Å²) in [5, 5.41) is 15.0. The van der Waals surface area contributed by atoms with Crippen molar-refractivity contribution in [3.05, 3.63) is 89.7 Å². The van der Waals surface area contributed by atoms with Gasteiger partial charge < -0.3 is 5.11 Å². The van der Waals surface area contributed by atoms with E-state index in [1.807, 2.05) is 29.2 Å². The van der Waals surface area contributed by atoms with Crippen molar-refractivity contribution in [1.82, 2.24) is 14.7 Å². The number of aliphatic hydroxyl groups is 1. The zero-order valence-corrected chi connectivity index (χ0v) is 14.9. The monoisotopic (exact) mass is 347 g/mol. The van der Waals surface area contributed by atoms with Crippen LogP contribution >= 0.6 is 0 Å². The number of rotatable bonds is 5. The van der Waals surface area contributed by atoms with E-state index in [0.717, 1.165) is 32.6 Å². The van der Waals surface area contributed by atoms with E-state index in [0.29, 0.717) is 0 Å². The second kappa shape index (κ2) is 7.85. The van der Waals surface area contributed by atoms with Crippen molar-refractivity contribution < 1.29 is 5.11 Å². The van der Waals surface area contributed by atoms with E-state index < -0.39 is 0 Å². The summed E-state index contributed by atoms with van der Waals surface area (Å²) in [6, 6.07) is 20.9. The lowest BCUT2D eigenvalue weighted by Gasteiger charge is -2.36. The van der Waals surface area contributed by atoms with E-state index in [-0.39, 0.29) is 12.0 Å². The summed E-state index contributed by atoms with van der Waals surface area (Å²) in [4.78, 5) is 2.37. The van der Waals surface area contributed by atoms with E-state index in [1.165, 1.54) is 16.7 Å². The van der Waals surface area contributed by atoms with Crippen molar-refractivity contribution in [2.24, 2.45) is 0 Å². The van der Waals surface area contributed by atoms with E-state index >= 15 is 0 Å². The lowest BCUT2D eigenvalue weighted by Crippen LogP contribution is -2.42. The maximum atomic E-state index is 10.7. The molecule has 4 nitrogen and oxygen atoms in total. The molecule has 0 spiro atoms. The van der Waals surface area contributed by atoms with Crippen LogP contribution in [-0.2, 0) is 13.1 Å². The number of hydrogen-bond donors (Lipinski definition) is 1. The molecule has 3 aromatic rings. The van der Waals surface area contributed by atoms with Gasteiger partial charge in [0.2, 0.25) is 0 Å². The maximum absolute atomic E-state index is 10.7. The third kappa shape index (κ3) is 3.87. The number of aliphatic hydroxyl groups excluding tert-OH is 1. The Morgan fingerprint density at radius 3 is 2.35 bits per heavy atom. The summed E-state index contributed by atoms with van der Waals surface area (Å²) in [7, 11) is 0. The Bertz CT molecular complexity index is 816. The second-order valence-corrected chi connectivity index (χ2v) is 7.08. The fourth-order valence-electron chi connectivity index (χ4n) is 3.91. The predicted molar refractivity (Wildman–Crippen MR) is 103 cm³/mol. The average Bonchev–Trinajstić information content (AvgIpc) is 3.17. The summed E-state index contributed by atoms with van der Waals surface area (Å²) >= 11 is 0. The molecule has 0 amide bonds. The first kappa shape index (κ1) is 17.0. The highest BCUT2D eigenvalue weighted by atomic mass is 16.3. The van der Waals surface area contributed by atoms with Gasteiger partial charge in [0.05, 0.1) is 12.6 Å². The SMILES string of the molecule is O[C@@H]1CN(Cc2ccccc2Cn2cccn2)CC[C@@H]1c1ccccc1. The minimum absolute atomic E-state index is 0.242. The molecule has 134 valence electrons. The zero-order valence-electron chi connectivity index (χ0n) is 14.9. The second-order valence-electron chi connectivity index (χ2n) is 7.08. The third-order valence-corrected chi connectivity index (χ3v) is 5.30. The topological polar surface area (TPSA) is 41.3 Å². The number of benzene rings is 2. The first-order valence-corrected chi connectivity index (χ1v) is 9.29. The summed E-state index contributed by atoms with van der Waals surface area (Å²) < 4.78 is 1.95. The Morgan fingerprint density at radius 2 is 1.65 bits per heavy atom. The Morgan fingerprint density at radius 1 is 0.923 bits per heavy atom. The van der Waals surface area contributed by atoms with E-state index in [4.69, 9.17) is 0 Å². The number of β-amino-alcohol motifs (C(OH)–C–C–N with tert-alkyl or cyclic N) is 1. The molecule has 0 radical (unpaired) electrons. The van der Waals surface area contributed by atoms with E-state index in [2.05, 4.69) is 58.5 Å². The van der Waals surface area contributed by atoms with Gasteiger partial charge in [-0.15, -0.1) is 0 Å². The Balaban J connectivity index is 1.43. The van der Waals surface area contributed by atoms with Gasteiger partial charge in [-0.2, -0.15) is 5.10 Å². The minimum Gasteiger partial charge on any atom is -0.391 e. The highest BCUT2D eigenvalue weighted by Crippen LogP contribution is 2.29. The number of likely N-dealkylation sites (tertiary alicyclic amines) is 1. The van der Waals surface area contributed by atoms with E-state index in [1.54, 1.807) is 0 Å². The summed E-state index contributed by atoms with van der Waals surface area (Å²) in [6.07, 6.45) is 4.48. The van der Waals surface area contributed by atoms with Crippen molar-refractivity contribution in [3.8, 4) is 0 Å². The molecule has 1 aliphatic rings. The lowest BCUT2D eigenvalue weighted by atomic mass is 9.87. The van der Waals surface area contributed by atoms with E-state index in [9.17, 15) is 5.11 Å². The average molecular weight is 347 g/mol. The summed E-state index contributed by atoms with van der Waals surface area (Å²) in [5.41, 5.74) is 3.85. The molecule has 4 rings (SSSR count). The van der Waals surface area contributed by atoms with Crippen LogP contribution in [0.2, 0.25) is 0 Å². The van der Waals surface area contributed by atoms with Crippen molar-refractivity contribution >= 4 is 0 Å². The highest BCUT2D eigenvalue weighted by molar-refractivity contribution is 5.28. The van der Waals surface area contributed by atoms with Crippen molar-refractivity contribution in [2.75, 3.05) is 13.1 Å². The lowest BCUT2D eigenvalue weighted by molar-refractivity contribution is 0.0475. The van der Waals surface area contributed by atoms with Gasteiger partial charge >= 0.3 is 0 Å². The summed E-state index contributed by atoms with van der Waals surface area (Å²) in [6.45, 7) is 3.38. The summed E-state index contributed by atoms with van der Waals surface area (Å²) in [5.74, 6) is 0.242. The molecule has 2 aromatic carbocycles. The van der Waals surface area contributed by atoms with Gasteiger partial charge in [0, 0.05) is 31.4 Å². The van der Waals surface area contributed by atoms with Crippen LogP contribution in [0.4, 0.5) is 0 Å². The molecular weight excluding hydrogens is 322 g/mol. The van der Waals surface area contributed by atoms with Gasteiger partial charge in [0.15, 0.2) is 0 Å². The molecule has 2 atom stereocenters. The number of hydrogen-bond acceptors (Lipinski definition) is 3.